The molecule has 0 saturated carbocycles. The first-order valence-corrected chi connectivity index (χ1v) is 6.69. The summed E-state index contributed by atoms with van der Waals surface area (Å²) in [5, 5.41) is 10.2. The molecule has 5 heteroatoms. The van der Waals surface area contributed by atoms with Gasteiger partial charge >= 0.3 is 0 Å². The molecule has 1 aromatic heterocycles. The van der Waals surface area contributed by atoms with Crippen molar-refractivity contribution >= 4 is 16.7 Å². The summed E-state index contributed by atoms with van der Waals surface area (Å²) < 4.78 is 0. The lowest BCUT2D eigenvalue weighted by Gasteiger charge is -2.20. The molecule has 2 rings (SSSR count). The van der Waals surface area contributed by atoms with E-state index in [1.54, 1.807) is 23.1 Å². The molecule has 0 saturated heterocycles. The third-order valence-electron chi connectivity index (χ3n) is 3.24. The number of rotatable bonds is 5. The number of aromatic amines is 1. The molecule has 0 unspecified atom stereocenters. The van der Waals surface area contributed by atoms with Crippen molar-refractivity contribution in [1.82, 2.24) is 9.88 Å². The van der Waals surface area contributed by atoms with Crippen LogP contribution < -0.4 is 5.56 Å². The molecule has 2 N–H and O–H groups in total. The smallest absolute Gasteiger partial charge is 0.270 e. The average molecular weight is 274 g/mol. The molecule has 2 aromatic rings. The zero-order valence-electron chi connectivity index (χ0n) is 11.4. The number of aromatic nitrogens is 1. The van der Waals surface area contributed by atoms with Gasteiger partial charge in [-0.25, -0.2) is 0 Å². The number of nitrogens with one attached hydrogen (secondary N) is 1. The Hall–Kier alpha value is -2.14. The van der Waals surface area contributed by atoms with Crippen LogP contribution in [0.2, 0.25) is 0 Å². The van der Waals surface area contributed by atoms with Crippen LogP contribution in [0.15, 0.2) is 35.1 Å². The maximum Gasteiger partial charge on any atom is 0.270 e. The largest absolute Gasteiger partial charge is 0.396 e. The number of hydrogen-bond donors (Lipinski definition) is 2. The number of benzene rings is 1. The number of amides is 1. The number of pyridine rings is 1. The molecule has 1 aromatic carbocycles. The third kappa shape index (κ3) is 2.88. The minimum absolute atomic E-state index is 0.0397. The highest BCUT2D eigenvalue weighted by molar-refractivity contribution is 5.96. The van der Waals surface area contributed by atoms with Crippen LogP contribution in [-0.4, -0.2) is 40.6 Å². The lowest BCUT2D eigenvalue weighted by Crippen LogP contribution is -2.33. The van der Waals surface area contributed by atoms with E-state index >= 15 is 0 Å². The van der Waals surface area contributed by atoms with Crippen LogP contribution in [0.25, 0.3) is 10.8 Å². The monoisotopic (exact) mass is 274 g/mol. The summed E-state index contributed by atoms with van der Waals surface area (Å²) >= 11 is 0. The first-order valence-electron chi connectivity index (χ1n) is 6.69. The Bertz CT molecular complexity index is 663. The van der Waals surface area contributed by atoms with Gasteiger partial charge in [0.15, 0.2) is 0 Å². The highest BCUT2D eigenvalue weighted by Crippen LogP contribution is 2.11. The summed E-state index contributed by atoms with van der Waals surface area (Å²) in [6, 6.07) is 8.86. The highest BCUT2D eigenvalue weighted by Gasteiger charge is 2.15. The van der Waals surface area contributed by atoms with Gasteiger partial charge in [-0.1, -0.05) is 18.2 Å². The summed E-state index contributed by atoms with van der Waals surface area (Å²) in [5.41, 5.74) is 0.0261. The fraction of sp³-hybridized carbons (Fsp3) is 0.333. The average Bonchev–Trinajstić information content (AvgIpc) is 2.47. The molecule has 106 valence electrons. The molecule has 0 spiro atoms. The topological polar surface area (TPSA) is 73.4 Å². The number of hydrogen-bond acceptors (Lipinski definition) is 3. The van der Waals surface area contributed by atoms with Crippen LogP contribution in [0.5, 0.6) is 0 Å². The van der Waals surface area contributed by atoms with E-state index in [1.807, 2.05) is 19.1 Å². The Morgan fingerprint density at radius 3 is 2.80 bits per heavy atom. The molecule has 0 radical (unpaired) electrons. The fourth-order valence-electron chi connectivity index (χ4n) is 2.16. The van der Waals surface area contributed by atoms with E-state index < -0.39 is 0 Å². The molecule has 0 aliphatic rings. The molecule has 0 aliphatic carbocycles. The van der Waals surface area contributed by atoms with Crippen molar-refractivity contribution in [1.29, 1.82) is 0 Å². The summed E-state index contributed by atoms with van der Waals surface area (Å²) in [5.74, 6) is -0.219. The van der Waals surface area contributed by atoms with Gasteiger partial charge in [-0.2, -0.15) is 0 Å². The number of nitrogens with zero attached hydrogens (tertiary/aromatic N) is 1. The summed E-state index contributed by atoms with van der Waals surface area (Å²) in [4.78, 5) is 28.6. The fourth-order valence-corrected chi connectivity index (χ4v) is 2.16. The quantitative estimate of drug-likeness (QED) is 0.865. The molecule has 1 heterocycles. The Balaban J connectivity index is 2.37. The van der Waals surface area contributed by atoms with Crippen LogP contribution in [0.4, 0.5) is 0 Å². The van der Waals surface area contributed by atoms with Crippen molar-refractivity contribution in [3.05, 3.63) is 46.4 Å². The van der Waals surface area contributed by atoms with Gasteiger partial charge in [0.05, 0.1) is 0 Å². The molecule has 0 bridgehead atoms. The Labute approximate surface area is 116 Å². The second-order valence-electron chi connectivity index (χ2n) is 4.56. The first kappa shape index (κ1) is 14.3. The maximum atomic E-state index is 12.4. The van der Waals surface area contributed by atoms with Crippen molar-refractivity contribution in [2.24, 2.45) is 0 Å². The third-order valence-corrected chi connectivity index (χ3v) is 3.24. The van der Waals surface area contributed by atoms with E-state index in [4.69, 9.17) is 5.11 Å². The molecule has 0 fully saturated rings. The van der Waals surface area contributed by atoms with Gasteiger partial charge in [-0.3, -0.25) is 9.59 Å². The molecule has 5 nitrogen and oxygen atoms in total. The number of aliphatic hydroxyl groups is 1. The van der Waals surface area contributed by atoms with E-state index in [9.17, 15) is 9.59 Å². The number of H-pyrrole nitrogens is 1. The Morgan fingerprint density at radius 1 is 1.35 bits per heavy atom. The van der Waals surface area contributed by atoms with E-state index in [0.717, 1.165) is 5.39 Å². The summed E-state index contributed by atoms with van der Waals surface area (Å²) in [6.07, 6.45) is 0.525. The molecule has 20 heavy (non-hydrogen) atoms. The van der Waals surface area contributed by atoms with E-state index in [-0.39, 0.29) is 23.8 Å². The van der Waals surface area contributed by atoms with Gasteiger partial charge in [-0.05, 0) is 30.9 Å². The minimum atomic E-state index is -0.260. The lowest BCUT2D eigenvalue weighted by atomic mass is 10.1. The van der Waals surface area contributed by atoms with E-state index in [1.165, 1.54) is 0 Å². The van der Waals surface area contributed by atoms with Crippen LogP contribution in [0.1, 0.15) is 23.8 Å². The van der Waals surface area contributed by atoms with Gasteiger partial charge in [0.25, 0.3) is 11.5 Å². The predicted molar refractivity (Wildman–Crippen MR) is 77.8 cm³/mol. The standard InChI is InChI=1S/C15H18N2O3/c1-2-17(8-5-9-18)15(20)13-10-11-6-3-4-7-12(11)14(19)16-13/h3-4,6-7,10,18H,2,5,8-9H2,1H3,(H,16,19). The normalized spacial score (nSPS) is 10.7. The highest BCUT2D eigenvalue weighted by atomic mass is 16.3. The zero-order chi connectivity index (χ0) is 14.5. The SMILES string of the molecule is CCN(CCCO)C(=O)c1cc2ccccc2c(=O)[nH]1. The van der Waals surface area contributed by atoms with Crippen LogP contribution >= 0.6 is 0 Å². The van der Waals surface area contributed by atoms with Gasteiger partial charge < -0.3 is 15.0 Å². The molecule has 0 aliphatic heterocycles. The number of aliphatic hydroxyl groups excluding tert-OH is 1. The Morgan fingerprint density at radius 2 is 2.10 bits per heavy atom. The van der Waals surface area contributed by atoms with Crippen molar-refractivity contribution in [2.75, 3.05) is 19.7 Å². The summed E-state index contributed by atoms with van der Waals surface area (Å²) in [7, 11) is 0. The molecule has 0 atom stereocenters. The minimum Gasteiger partial charge on any atom is -0.396 e. The van der Waals surface area contributed by atoms with Gasteiger partial charge in [0.1, 0.15) is 5.69 Å². The van der Waals surface area contributed by atoms with E-state index in [2.05, 4.69) is 4.98 Å². The van der Waals surface area contributed by atoms with Gasteiger partial charge in [-0.15, -0.1) is 0 Å². The lowest BCUT2D eigenvalue weighted by molar-refractivity contribution is 0.0748. The molecular weight excluding hydrogens is 256 g/mol. The molecular formula is C15H18N2O3. The van der Waals surface area contributed by atoms with Crippen LogP contribution in [-0.2, 0) is 0 Å². The second-order valence-corrected chi connectivity index (χ2v) is 4.56. The first-order chi connectivity index (χ1) is 9.67. The predicted octanol–water partition coefficient (Wildman–Crippen LogP) is 1.37. The van der Waals surface area contributed by atoms with Gasteiger partial charge in [0.2, 0.25) is 0 Å². The number of fused-ring (bicyclic) bond motifs is 1. The number of carbonyl (C=O) groups is 1. The van der Waals surface area contributed by atoms with Gasteiger partial charge in [0, 0.05) is 25.1 Å². The number of carbonyl (C=O) groups excluding carboxylic acids is 1. The zero-order valence-corrected chi connectivity index (χ0v) is 11.4. The Kier molecular flexibility index (Phi) is 4.53. The van der Waals surface area contributed by atoms with E-state index in [0.29, 0.717) is 24.9 Å². The van der Waals surface area contributed by atoms with Crippen LogP contribution in [0.3, 0.4) is 0 Å². The van der Waals surface area contributed by atoms with Crippen LogP contribution in [0, 0.1) is 0 Å². The molecule has 1 amide bonds. The van der Waals surface area contributed by atoms with Crippen molar-refractivity contribution in [3.8, 4) is 0 Å². The van der Waals surface area contributed by atoms with Crippen molar-refractivity contribution < 1.29 is 9.90 Å². The maximum absolute atomic E-state index is 12.4. The summed E-state index contributed by atoms with van der Waals surface area (Å²) in [6.45, 7) is 2.92. The second kappa shape index (κ2) is 6.34. The van der Waals surface area contributed by atoms with Crippen molar-refractivity contribution in [3.63, 3.8) is 0 Å². The van der Waals surface area contributed by atoms with Crippen molar-refractivity contribution in [2.45, 2.75) is 13.3 Å².